The number of nitrogens with one attached hydrogen (secondary N) is 1. The smallest absolute Gasteiger partial charge is 0.246 e. The maximum atomic E-state index is 13.4. The number of nitrogens with zero attached hydrogens (tertiary/aromatic N) is 2. The van der Waals surface area contributed by atoms with Crippen molar-refractivity contribution in [3.8, 4) is 5.75 Å². The number of anilines is 1. The number of benzene rings is 1. The first-order valence-electron chi connectivity index (χ1n) is 10.2. The van der Waals surface area contributed by atoms with E-state index in [-0.39, 0.29) is 23.8 Å². The summed E-state index contributed by atoms with van der Waals surface area (Å²) >= 11 is 0. The highest BCUT2D eigenvalue weighted by molar-refractivity contribution is 6.10. The Labute approximate surface area is 169 Å². The van der Waals surface area contributed by atoms with Gasteiger partial charge in [-0.25, -0.2) is 0 Å². The van der Waals surface area contributed by atoms with Gasteiger partial charge in [-0.15, -0.1) is 0 Å². The minimum atomic E-state index is -0.964. The number of carbonyl (C=O) groups excluding carboxylic acids is 3. The minimum absolute atomic E-state index is 0.0223. The van der Waals surface area contributed by atoms with E-state index < -0.39 is 17.5 Å². The van der Waals surface area contributed by atoms with Crippen LogP contribution in [0, 0.1) is 0 Å². The van der Waals surface area contributed by atoms with Gasteiger partial charge in [-0.3, -0.25) is 14.4 Å². The lowest BCUT2D eigenvalue weighted by atomic mass is 9.73. The topological polar surface area (TPSA) is 79.0 Å². The highest BCUT2D eigenvalue weighted by atomic mass is 16.5. The van der Waals surface area contributed by atoms with Gasteiger partial charge in [-0.05, 0) is 44.7 Å². The number of hydrogen-bond donors (Lipinski definition) is 1. The summed E-state index contributed by atoms with van der Waals surface area (Å²) in [5, 5.41) is 2.99. The second-order valence-electron chi connectivity index (χ2n) is 8.68. The third-order valence-electron chi connectivity index (χ3n) is 6.87. The molecule has 0 aromatic heterocycles. The van der Waals surface area contributed by atoms with Crippen molar-refractivity contribution in [1.82, 2.24) is 9.80 Å². The van der Waals surface area contributed by atoms with Crippen LogP contribution in [0.1, 0.15) is 38.7 Å². The maximum Gasteiger partial charge on any atom is 0.246 e. The van der Waals surface area contributed by atoms with Crippen molar-refractivity contribution in [3.63, 3.8) is 0 Å². The van der Waals surface area contributed by atoms with Gasteiger partial charge >= 0.3 is 0 Å². The molecule has 0 aliphatic carbocycles. The molecule has 29 heavy (non-hydrogen) atoms. The summed E-state index contributed by atoms with van der Waals surface area (Å²) in [6.07, 6.45) is 3.84. The van der Waals surface area contributed by atoms with Gasteiger partial charge in [0, 0.05) is 18.3 Å². The quantitative estimate of drug-likeness (QED) is 0.775. The molecule has 1 spiro atoms. The van der Waals surface area contributed by atoms with Gasteiger partial charge in [0.05, 0.1) is 13.2 Å². The Morgan fingerprint density at radius 2 is 2.00 bits per heavy atom. The summed E-state index contributed by atoms with van der Waals surface area (Å²) in [4.78, 5) is 43.6. The molecule has 3 fully saturated rings. The largest absolute Gasteiger partial charge is 0.497 e. The minimum Gasteiger partial charge on any atom is -0.497 e. The van der Waals surface area contributed by atoms with Crippen LogP contribution in [0.5, 0.6) is 5.75 Å². The Morgan fingerprint density at radius 3 is 2.72 bits per heavy atom. The van der Waals surface area contributed by atoms with Crippen LogP contribution < -0.4 is 10.1 Å². The van der Waals surface area contributed by atoms with E-state index in [2.05, 4.69) is 5.32 Å². The van der Waals surface area contributed by atoms with Crippen LogP contribution in [-0.4, -0.2) is 59.3 Å². The second kappa shape index (κ2) is 6.08. The molecule has 4 aliphatic rings. The average Bonchev–Trinajstić information content (AvgIpc) is 3.36. The molecular formula is C22H25N3O4. The van der Waals surface area contributed by atoms with Crippen LogP contribution in [0.3, 0.4) is 0 Å². The van der Waals surface area contributed by atoms with Gasteiger partial charge < -0.3 is 19.9 Å². The first-order valence-corrected chi connectivity index (χ1v) is 10.2. The average molecular weight is 395 g/mol. The zero-order chi connectivity index (χ0) is 20.5. The third kappa shape index (κ3) is 2.27. The Hall–Kier alpha value is -2.83. The molecule has 3 saturated heterocycles. The van der Waals surface area contributed by atoms with Crippen molar-refractivity contribution < 1.29 is 19.1 Å². The Balaban J connectivity index is 1.69. The number of fused-ring (bicyclic) bond motifs is 4. The van der Waals surface area contributed by atoms with E-state index in [0.717, 1.165) is 17.6 Å². The van der Waals surface area contributed by atoms with E-state index >= 15 is 0 Å². The van der Waals surface area contributed by atoms with Crippen molar-refractivity contribution in [2.24, 2.45) is 0 Å². The van der Waals surface area contributed by atoms with Gasteiger partial charge in [-0.1, -0.05) is 17.7 Å². The van der Waals surface area contributed by atoms with Gasteiger partial charge in [0.15, 0.2) is 0 Å². The molecular weight excluding hydrogens is 370 g/mol. The number of hydrogen-bond acceptors (Lipinski definition) is 4. The molecule has 3 amide bonds. The van der Waals surface area contributed by atoms with Crippen molar-refractivity contribution >= 4 is 23.4 Å². The zero-order valence-electron chi connectivity index (χ0n) is 16.9. The van der Waals surface area contributed by atoms with Crippen molar-refractivity contribution in [2.75, 3.05) is 19.0 Å². The van der Waals surface area contributed by atoms with Gasteiger partial charge in [-0.2, -0.15) is 0 Å². The molecule has 1 aromatic rings. The summed E-state index contributed by atoms with van der Waals surface area (Å²) < 4.78 is 5.31. The summed E-state index contributed by atoms with van der Waals surface area (Å²) in [6.45, 7) is 4.54. The molecule has 4 aliphatic heterocycles. The van der Waals surface area contributed by atoms with Crippen LogP contribution in [0.25, 0.3) is 0 Å². The number of allylic oxidation sites excluding steroid dienone is 1. The van der Waals surface area contributed by atoms with Crippen LogP contribution in [0.2, 0.25) is 0 Å². The molecule has 152 valence electrons. The molecule has 0 radical (unpaired) electrons. The highest BCUT2D eigenvalue weighted by Gasteiger charge is 2.66. The molecule has 0 saturated carbocycles. The zero-order valence-corrected chi connectivity index (χ0v) is 16.9. The fourth-order valence-corrected chi connectivity index (χ4v) is 5.64. The van der Waals surface area contributed by atoms with Crippen molar-refractivity contribution in [1.29, 1.82) is 0 Å². The van der Waals surface area contributed by atoms with Gasteiger partial charge in [0.2, 0.25) is 17.7 Å². The molecule has 0 unspecified atom stereocenters. The third-order valence-corrected chi connectivity index (χ3v) is 6.87. The van der Waals surface area contributed by atoms with Crippen LogP contribution in [0.4, 0.5) is 5.69 Å². The van der Waals surface area contributed by atoms with Crippen molar-refractivity contribution in [2.45, 2.75) is 56.7 Å². The predicted octanol–water partition coefficient (Wildman–Crippen LogP) is 1.83. The fourth-order valence-electron chi connectivity index (χ4n) is 5.64. The maximum absolute atomic E-state index is 13.4. The first kappa shape index (κ1) is 18.2. The van der Waals surface area contributed by atoms with E-state index in [1.54, 1.807) is 23.0 Å². The number of piperazine rings is 1. The number of amides is 3. The monoisotopic (exact) mass is 395 g/mol. The summed E-state index contributed by atoms with van der Waals surface area (Å²) in [5.74, 6) is 0.453. The Morgan fingerprint density at radius 1 is 1.21 bits per heavy atom. The number of ether oxygens (including phenoxy) is 1. The molecule has 7 heteroatoms. The van der Waals surface area contributed by atoms with Crippen LogP contribution >= 0.6 is 0 Å². The molecule has 1 N–H and O–H groups in total. The standard InChI is InChI=1S/C22H25N3O4/c1-12(2)9-18-22(14-7-6-13(29-3)10-15(14)23-21(22)28)11-17-19(26)24-8-4-5-16(24)20(27)25(17)18/h6-7,9-10,16-18H,4-5,8,11H2,1-3H3,(H,23,28)/t16-,17+,18+,22-/m0/s1. The SMILES string of the molecule is COc1ccc2c(c1)NC(=O)[C@@]21C[C@@H]2C(=O)N3CCC[C@H]3C(=O)N2[C@@H]1C=C(C)C. The van der Waals surface area contributed by atoms with Crippen LogP contribution in [0.15, 0.2) is 29.8 Å². The first-order chi connectivity index (χ1) is 13.9. The Bertz CT molecular complexity index is 967. The van der Waals surface area contributed by atoms with Crippen molar-refractivity contribution in [3.05, 3.63) is 35.4 Å². The normalized spacial score (nSPS) is 32.2. The van der Waals surface area contributed by atoms with Gasteiger partial charge in [0.1, 0.15) is 23.2 Å². The highest BCUT2D eigenvalue weighted by Crippen LogP contribution is 2.53. The summed E-state index contributed by atoms with van der Waals surface area (Å²) in [6, 6.07) is 4.07. The number of rotatable bonds is 2. The van der Waals surface area contributed by atoms with Gasteiger partial charge in [0.25, 0.3) is 0 Å². The van der Waals surface area contributed by atoms with Crippen LogP contribution in [-0.2, 0) is 19.8 Å². The molecule has 4 heterocycles. The molecule has 0 bridgehead atoms. The molecule has 4 atom stereocenters. The predicted molar refractivity (Wildman–Crippen MR) is 107 cm³/mol. The molecule has 7 nitrogen and oxygen atoms in total. The molecule has 1 aromatic carbocycles. The lowest BCUT2D eigenvalue weighted by Crippen LogP contribution is -2.62. The fraction of sp³-hybridized carbons (Fsp3) is 0.500. The summed E-state index contributed by atoms with van der Waals surface area (Å²) in [5.41, 5.74) is 1.58. The summed E-state index contributed by atoms with van der Waals surface area (Å²) in [7, 11) is 1.58. The van der Waals surface area contributed by atoms with E-state index in [1.807, 2.05) is 32.1 Å². The van der Waals surface area contributed by atoms with E-state index in [4.69, 9.17) is 4.74 Å². The lowest BCUT2D eigenvalue weighted by molar-refractivity contribution is -0.158. The Kier molecular flexibility index (Phi) is 3.82. The number of methoxy groups -OCH3 is 1. The second-order valence-corrected chi connectivity index (χ2v) is 8.68. The van der Waals surface area contributed by atoms with E-state index in [0.29, 0.717) is 30.8 Å². The number of carbonyl (C=O) groups is 3. The van der Waals surface area contributed by atoms with E-state index in [9.17, 15) is 14.4 Å². The molecule has 5 rings (SSSR count). The lowest BCUT2D eigenvalue weighted by Gasteiger charge is -2.41. The van der Waals surface area contributed by atoms with E-state index in [1.165, 1.54) is 0 Å².